The third-order valence-corrected chi connectivity index (χ3v) is 3.06. The van der Waals surface area contributed by atoms with Crippen LogP contribution in [0, 0.1) is 6.92 Å². The molecule has 0 bridgehead atoms. The summed E-state index contributed by atoms with van der Waals surface area (Å²) in [5.41, 5.74) is 1.89. The van der Waals surface area contributed by atoms with E-state index >= 15 is 0 Å². The molecule has 0 aliphatic carbocycles. The second kappa shape index (κ2) is 4.85. The van der Waals surface area contributed by atoms with Crippen LogP contribution in [0.4, 0.5) is 5.82 Å². The Morgan fingerprint density at radius 1 is 1.11 bits per heavy atom. The van der Waals surface area contributed by atoms with Crippen molar-refractivity contribution >= 4 is 23.1 Å². The molecule has 0 aliphatic heterocycles. The van der Waals surface area contributed by atoms with Gasteiger partial charge in [-0.3, -0.25) is 0 Å². The number of aryl methyl sites for hydroxylation is 1. The first-order valence-corrected chi connectivity index (χ1v) is 6.27. The van der Waals surface area contributed by atoms with Crippen molar-refractivity contribution in [3.63, 3.8) is 0 Å². The van der Waals surface area contributed by atoms with Crippen LogP contribution in [0.2, 0.25) is 5.02 Å². The fourth-order valence-electron chi connectivity index (χ4n) is 1.79. The molecular formula is C13H12ClN5. The van der Waals surface area contributed by atoms with E-state index in [0.29, 0.717) is 6.54 Å². The minimum Gasteiger partial charge on any atom is -0.365 e. The van der Waals surface area contributed by atoms with Gasteiger partial charge in [0.05, 0.1) is 0 Å². The number of hydrogen-bond donors (Lipinski definition) is 1. The molecule has 0 amide bonds. The monoisotopic (exact) mass is 273 g/mol. The van der Waals surface area contributed by atoms with Crippen molar-refractivity contribution in [3.05, 3.63) is 52.8 Å². The molecule has 19 heavy (non-hydrogen) atoms. The first-order valence-electron chi connectivity index (χ1n) is 5.90. The van der Waals surface area contributed by atoms with Gasteiger partial charge in [0.2, 0.25) is 0 Å². The number of rotatable bonds is 3. The lowest BCUT2D eigenvalue weighted by molar-refractivity contribution is 0.871. The number of nitrogens with one attached hydrogen (secondary N) is 1. The molecule has 0 aliphatic rings. The molecule has 0 radical (unpaired) electrons. The Labute approximate surface area is 115 Å². The zero-order valence-electron chi connectivity index (χ0n) is 10.3. The van der Waals surface area contributed by atoms with E-state index in [9.17, 15) is 0 Å². The molecule has 3 rings (SSSR count). The lowest BCUT2D eigenvalue weighted by Crippen LogP contribution is -2.04. The van der Waals surface area contributed by atoms with E-state index in [1.54, 1.807) is 4.52 Å². The second-order valence-electron chi connectivity index (χ2n) is 4.22. The van der Waals surface area contributed by atoms with E-state index in [0.717, 1.165) is 27.9 Å². The van der Waals surface area contributed by atoms with Crippen molar-refractivity contribution in [3.8, 4) is 0 Å². The Bertz CT molecular complexity index is 705. The molecule has 0 unspecified atom stereocenters. The summed E-state index contributed by atoms with van der Waals surface area (Å²) in [4.78, 5) is 0. The van der Waals surface area contributed by atoms with Gasteiger partial charge < -0.3 is 5.32 Å². The van der Waals surface area contributed by atoms with Crippen LogP contribution >= 0.6 is 11.6 Å². The Hall–Kier alpha value is -2.14. The first kappa shape index (κ1) is 11.9. The van der Waals surface area contributed by atoms with Crippen LogP contribution in [-0.4, -0.2) is 19.8 Å². The summed E-state index contributed by atoms with van der Waals surface area (Å²) in [5.74, 6) is 1.55. The van der Waals surface area contributed by atoms with Crippen molar-refractivity contribution in [1.29, 1.82) is 0 Å². The van der Waals surface area contributed by atoms with Crippen molar-refractivity contribution in [2.45, 2.75) is 13.5 Å². The number of halogens is 1. The largest absolute Gasteiger partial charge is 0.365 e. The Kier molecular flexibility index (Phi) is 3.05. The molecule has 0 saturated carbocycles. The summed E-state index contributed by atoms with van der Waals surface area (Å²) in [6.45, 7) is 2.56. The van der Waals surface area contributed by atoms with Gasteiger partial charge in [-0.15, -0.1) is 15.3 Å². The number of hydrogen-bond acceptors (Lipinski definition) is 4. The topological polar surface area (TPSA) is 55.1 Å². The van der Waals surface area contributed by atoms with E-state index in [1.807, 2.05) is 43.3 Å². The van der Waals surface area contributed by atoms with Crippen molar-refractivity contribution in [2.24, 2.45) is 0 Å². The van der Waals surface area contributed by atoms with Gasteiger partial charge in [0.1, 0.15) is 5.82 Å². The smallest absolute Gasteiger partial charge is 0.178 e. The van der Waals surface area contributed by atoms with E-state index in [-0.39, 0.29) is 0 Å². The molecule has 6 heteroatoms. The maximum atomic E-state index is 5.85. The zero-order chi connectivity index (χ0) is 13.2. The molecule has 0 spiro atoms. The van der Waals surface area contributed by atoms with Gasteiger partial charge in [-0.05, 0) is 36.8 Å². The average Bonchev–Trinajstić information content (AvgIpc) is 2.80. The minimum absolute atomic E-state index is 0.691. The summed E-state index contributed by atoms with van der Waals surface area (Å²) in [6, 6.07) is 11.5. The molecule has 2 aromatic heterocycles. The average molecular weight is 274 g/mol. The predicted octanol–water partition coefficient (Wildman–Crippen LogP) is 2.70. The molecule has 0 fully saturated rings. The standard InChI is InChI=1S/C13H12ClN5/c1-9-16-17-13-7-6-12(18-19(9)13)15-8-10-2-4-11(14)5-3-10/h2-7H,8H2,1H3,(H,15,18). The third-order valence-electron chi connectivity index (χ3n) is 2.81. The first-order chi connectivity index (χ1) is 9.22. The number of aromatic nitrogens is 4. The number of nitrogens with zero attached hydrogens (tertiary/aromatic N) is 4. The summed E-state index contributed by atoms with van der Waals surface area (Å²) in [7, 11) is 0. The molecule has 1 aromatic carbocycles. The van der Waals surface area contributed by atoms with Gasteiger partial charge in [0.25, 0.3) is 0 Å². The van der Waals surface area contributed by atoms with E-state index in [4.69, 9.17) is 11.6 Å². The highest BCUT2D eigenvalue weighted by atomic mass is 35.5. The van der Waals surface area contributed by atoms with Gasteiger partial charge in [0.15, 0.2) is 11.5 Å². The fourth-order valence-corrected chi connectivity index (χ4v) is 1.91. The van der Waals surface area contributed by atoms with Crippen LogP contribution in [0.3, 0.4) is 0 Å². The number of anilines is 1. The highest BCUT2D eigenvalue weighted by molar-refractivity contribution is 6.30. The van der Waals surface area contributed by atoms with Crippen molar-refractivity contribution in [1.82, 2.24) is 19.8 Å². The van der Waals surface area contributed by atoms with Crippen molar-refractivity contribution < 1.29 is 0 Å². The minimum atomic E-state index is 0.691. The van der Waals surface area contributed by atoms with Gasteiger partial charge in [0, 0.05) is 11.6 Å². The SMILES string of the molecule is Cc1nnc2ccc(NCc3ccc(Cl)cc3)nn12. The van der Waals surface area contributed by atoms with E-state index < -0.39 is 0 Å². The van der Waals surface area contributed by atoms with Crippen LogP contribution in [0.5, 0.6) is 0 Å². The summed E-state index contributed by atoms with van der Waals surface area (Å²) in [6.07, 6.45) is 0. The highest BCUT2D eigenvalue weighted by Gasteiger charge is 2.03. The predicted molar refractivity (Wildman–Crippen MR) is 74.3 cm³/mol. The Balaban J connectivity index is 1.77. The second-order valence-corrected chi connectivity index (χ2v) is 4.65. The Morgan fingerprint density at radius 3 is 2.68 bits per heavy atom. The highest BCUT2D eigenvalue weighted by Crippen LogP contribution is 2.12. The molecule has 0 atom stereocenters. The summed E-state index contributed by atoms with van der Waals surface area (Å²) in [5, 5.41) is 16.4. The van der Waals surface area contributed by atoms with E-state index in [2.05, 4.69) is 20.6 Å². The van der Waals surface area contributed by atoms with Gasteiger partial charge in [-0.25, -0.2) is 0 Å². The molecule has 3 aromatic rings. The lowest BCUT2D eigenvalue weighted by atomic mass is 10.2. The van der Waals surface area contributed by atoms with Crippen LogP contribution in [0.15, 0.2) is 36.4 Å². The number of fused-ring (bicyclic) bond motifs is 1. The summed E-state index contributed by atoms with van der Waals surface area (Å²) < 4.78 is 1.71. The molecule has 5 nitrogen and oxygen atoms in total. The lowest BCUT2D eigenvalue weighted by Gasteiger charge is -2.06. The number of benzene rings is 1. The van der Waals surface area contributed by atoms with Crippen LogP contribution in [0.25, 0.3) is 5.65 Å². The van der Waals surface area contributed by atoms with E-state index in [1.165, 1.54) is 0 Å². The molecule has 1 N–H and O–H groups in total. The maximum Gasteiger partial charge on any atom is 0.178 e. The van der Waals surface area contributed by atoms with Gasteiger partial charge in [-0.2, -0.15) is 4.52 Å². The molecule has 0 saturated heterocycles. The van der Waals surface area contributed by atoms with Crippen LogP contribution in [-0.2, 0) is 6.54 Å². The van der Waals surface area contributed by atoms with Crippen LogP contribution in [0.1, 0.15) is 11.4 Å². The van der Waals surface area contributed by atoms with Crippen LogP contribution < -0.4 is 5.32 Å². The van der Waals surface area contributed by atoms with Gasteiger partial charge >= 0.3 is 0 Å². The quantitative estimate of drug-likeness (QED) is 0.797. The summed E-state index contributed by atoms with van der Waals surface area (Å²) >= 11 is 5.85. The fraction of sp³-hybridized carbons (Fsp3) is 0.154. The normalized spacial score (nSPS) is 10.8. The molecule has 2 heterocycles. The van der Waals surface area contributed by atoms with Gasteiger partial charge in [-0.1, -0.05) is 23.7 Å². The molecule has 96 valence electrons. The zero-order valence-corrected chi connectivity index (χ0v) is 11.1. The molecular weight excluding hydrogens is 262 g/mol. The maximum absolute atomic E-state index is 5.85. The Morgan fingerprint density at radius 2 is 1.89 bits per heavy atom. The van der Waals surface area contributed by atoms with Crippen molar-refractivity contribution in [2.75, 3.05) is 5.32 Å². The third kappa shape index (κ3) is 2.51.